The van der Waals surface area contributed by atoms with E-state index in [0.717, 1.165) is 5.56 Å². The van der Waals surface area contributed by atoms with Crippen LogP contribution in [-0.4, -0.2) is 12.1 Å². The van der Waals surface area contributed by atoms with E-state index in [0.29, 0.717) is 18.0 Å². The highest BCUT2D eigenvalue weighted by molar-refractivity contribution is 5.47. The zero-order valence-electron chi connectivity index (χ0n) is 6.74. The van der Waals surface area contributed by atoms with Crippen molar-refractivity contribution in [3.8, 4) is 11.8 Å². The SMILES string of the molecule is COc1cc(CC#N)cnc1N. The molecule has 0 radical (unpaired) electrons. The molecular formula is C8H9N3O. The predicted molar refractivity (Wildman–Crippen MR) is 44.5 cm³/mol. The van der Waals surface area contributed by atoms with Crippen molar-refractivity contribution in [1.29, 1.82) is 5.26 Å². The summed E-state index contributed by atoms with van der Waals surface area (Å²) < 4.78 is 4.94. The monoisotopic (exact) mass is 163 g/mol. The molecule has 4 heteroatoms. The lowest BCUT2D eigenvalue weighted by Crippen LogP contribution is -1.96. The van der Waals surface area contributed by atoms with Gasteiger partial charge in [-0.25, -0.2) is 4.98 Å². The van der Waals surface area contributed by atoms with Gasteiger partial charge in [0.2, 0.25) is 0 Å². The molecule has 0 saturated heterocycles. The van der Waals surface area contributed by atoms with Gasteiger partial charge in [0.15, 0.2) is 11.6 Å². The number of rotatable bonds is 2. The summed E-state index contributed by atoms with van der Waals surface area (Å²) >= 11 is 0. The van der Waals surface area contributed by atoms with Crippen LogP contribution in [0.2, 0.25) is 0 Å². The summed E-state index contributed by atoms with van der Waals surface area (Å²) in [7, 11) is 1.52. The number of nitrogens with two attached hydrogens (primary N) is 1. The van der Waals surface area contributed by atoms with E-state index >= 15 is 0 Å². The smallest absolute Gasteiger partial charge is 0.166 e. The molecule has 0 aliphatic heterocycles. The van der Waals surface area contributed by atoms with Crippen LogP contribution in [-0.2, 0) is 6.42 Å². The molecule has 0 aromatic carbocycles. The van der Waals surface area contributed by atoms with Crippen molar-refractivity contribution in [1.82, 2.24) is 4.98 Å². The summed E-state index contributed by atoms with van der Waals surface area (Å²) in [5, 5.41) is 8.40. The molecule has 0 saturated carbocycles. The Morgan fingerprint density at radius 1 is 1.75 bits per heavy atom. The van der Waals surface area contributed by atoms with E-state index in [1.165, 1.54) is 7.11 Å². The Morgan fingerprint density at radius 2 is 2.50 bits per heavy atom. The minimum Gasteiger partial charge on any atom is -0.493 e. The number of nitrogen functional groups attached to an aromatic ring is 1. The third kappa shape index (κ3) is 1.64. The van der Waals surface area contributed by atoms with Crippen molar-refractivity contribution in [2.75, 3.05) is 12.8 Å². The summed E-state index contributed by atoms with van der Waals surface area (Å²) in [5.74, 6) is 0.863. The molecule has 62 valence electrons. The Morgan fingerprint density at radius 3 is 3.08 bits per heavy atom. The van der Waals surface area contributed by atoms with Crippen molar-refractivity contribution < 1.29 is 4.74 Å². The van der Waals surface area contributed by atoms with Crippen molar-refractivity contribution in [2.24, 2.45) is 0 Å². The molecule has 4 nitrogen and oxygen atoms in total. The van der Waals surface area contributed by atoms with Gasteiger partial charge >= 0.3 is 0 Å². The van der Waals surface area contributed by atoms with Crippen LogP contribution < -0.4 is 10.5 Å². The standard InChI is InChI=1S/C8H9N3O/c1-12-7-4-6(2-3-9)5-11-8(7)10/h4-5H,2H2,1H3,(H2,10,11). The first-order valence-electron chi connectivity index (χ1n) is 3.43. The second-order valence-corrected chi connectivity index (χ2v) is 2.27. The average molecular weight is 163 g/mol. The Hall–Kier alpha value is -1.76. The van der Waals surface area contributed by atoms with Crippen LogP contribution in [0.4, 0.5) is 5.82 Å². The van der Waals surface area contributed by atoms with Crippen molar-refractivity contribution in [3.63, 3.8) is 0 Å². The van der Waals surface area contributed by atoms with Gasteiger partial charge in [-0.1, -0.05) is 0 Å². The van der Waals surface area contributed by atoms with E-state index < -0.39 is 0 Å². The molecule has 0 fully saturated rings. The molecule has 0 aliphatic carbocycles. The molecule has 0 spiro atoms. The highest BCUT2D eigenvalue weighted by Crippen LogP contribution is 2.18. The van der Waals surface area contributed by atoms with E-state index in [-0.39, 0.29) is 0 Å². The van der Waals surface area contributed by atoms with Crippen molar-refractivity contribution in [2.45, 2.75) is 6.42 Å². The maximum atomic E-state index is 8.40. The van der Waals surface area contributed by atoms with Gasteiger partial charge in [-0.15, -0.1) is 0 Å². The van der Waals surface area contributed by atoms with Gasteiger partial charge < -0.3 is 10.5 Å². The van der Waals surface area contributed by atoms with Gasteiger partial charge in [0.05, 0.1) is 19.6 Å². The van der Waals surface area contributed by atoms with E-state index in [1.54, 1.807) is 12.3 Å². The first kappa shape index (κ1) is 8.34. The quantitative estimate of drug-likeness (QED) is 0.697. The summed E-state index contributed by atoms with van der Waals surface area (Å²) in [6, 6.07) is 3.73. The van der Waals surface area contributed by atoms with E-state index in [2.05, 4.69) is 4.98 Å². The number of nitriles is 1. The minimum absolute atomic E-state index is 0.323. The number of methoxy groups -OCH3 is 1. The molecule has 2 N–H and O–H groups in total. The lowest BCUT2D eigenvalue weighted by atomic mass is 10.2. The Balaban J connectivity index is 2.98. The zero-order valence-corrected chi connectivity index (χ0v) is 6.74. The van der Waals surface area contributed by atoms with Gasteiger partial charge in [0.25, 0.3) is 0 Å². The molecule has 0 atom stereocenters. The van der Waals surface area contributed by atoms with Crippen molar-refractivity contribution in [3.05, 3.63) is 17.8 Å². The van der Waals surface area contributed by atoms with E-state index in [9.17, 15) is 0 Å². The van der Waals surface area contributed by atoms with E-state index in [4.69, 9.17) is 15.7 Å². The van der Waals surface area contributed by atoms with E-state index in [1.807, 2.05) is 6.07 Å². The maximum Gasteiger partial charge on any atom is 0.166 e. The molecule has 1 aromatic heterocycles. The lowest BCUT2D eigenvalue weighted by Gasteiger charge is -2.03. The summed E-state index contributed by atoms with van der Waals surface area (Å²) in [4.78, 5) is 3.87. The summed E-state index contributed by atoms with van der Waals surface area (Å²) in [5.41, 5.74) is 6.29. The van der Waals surface area contributed by atoms with Crippen LogP contribution in [0.3, 0.4) is 0 Å². The fourth-order valence-electron chi connectivity index (χ4n) is 0.847. The van der Waals surface area contributed by atoms with Gasteiger partial charge in [0, 0.05) is 6.20 Å². The number of nitrogens with zero attached hydrogens (tertiary/aromatic N) is 2. The van der Waals surface area contributed by atoms with Crippen molar-refractivity contribution >= 4 is 5.82 Å². The highest BCUT2D eigenvalue weighted by Gasteiger charge is 2.01. The number of aromatic nitrogens is 1. The molecule has 0 bridgehead atoms. The molecule has 0 amide bonds. The number of anilines is 1. The second kappa shape index (κ2) is 3.58. The van der Waals surface area contributed by atoms with Crippen LogP contribution >= 0.6 is 0 Å². The van der Waals surface area contributed by atoms with Crippen LogP contribution in [0, 0.1) is 11.3 Å². The first-order valence-corrected chi connectivity index (χ1v) is 3.43. The average Bonchev–Trinajstić information content (AvgIpc) is 2.09. The largest absolute Gasteiger partial charge is 0.493 e. The fourth-order valence-corrected chi connectivity index (χ4v) is 0.847. The molecule has 1 aromatic rings. The molecule has 0 aliphatic rings. The minimum atomic E-state index is 0.323. The highest BCUT2D eigenvalue weighted by atomic mass is 16.5. The zero-order chi connectivity index (χ0) is 8.97. The predicted octanol–water partition coefficient (Wildman–Crippen LogP) is 0.738. The molecule has 1 heterocycles. The second-order valence-electron chi connectivity index (χ2n) is 2.27. The normalized spacial score (nSPS) is 9.00. The Bertz CT molecular complexity index is 317. The van der Waals surface area contributed by atoms with Crippen LogP contribution in [0.25, 0.3) is 0 Å². The van der Waals surface area contributed by atoms with Crippen LogP contribution in [0.1, 0.15) is 5.56 Å². The van der Waals surface area contributed by atoms with Gasteiger partial charge in [-0.05, 0) is 11.6 Å². The number of hydrogen-bond donors (Lipinski definition) is 1. The molecule has 0 unspecified atom stereocenters. The third-order valence-electron chi connectivity index (χ3n) is 1.44. The summed E-state index contributed by atoms with van der Waals surface area (Å²) in [6.45, 7) is 0. The topological polar surface area (TPSA) is 71.9 Å². The van der Waals surface area contributed by atoms with Gasteiger partial charge in [-0.3, -0.25) is 0 Å². The fraction of sp³-hybridized carbons (Fsp3) is 0.250. The lowest BCUT2D eigenvalue weighted by molar-refractivity contribution is 0.415. The Labute approximate surface area is 70.6 Å². The maximum absolute atomic E-state index is 8.40. The van der Waals surface area contributed by atoms with Crippen LogP contribution in [0.15, 0.2) is 12.3 Å². The third-order valence-corrected chi connectivity index (χ3v) is 1.44. The molecule has 12 heavy (non-hydrogen) atoms. The molecular weight excluding hydrogens is 154 g/mol. The number of ether oxygens (including phenoxy) is 1. The summed E-state index contributed by atoms with van der Waals surface area (Å²) in [6.07, 6.45) is 1.89. The van der Waals surface area contributed by atoms with Gasteiger partial charge in [-0.2, -0.15) is 5.26 Å². The van der Waals surface area contributed by atoms with Gasteiger partial charge in [0.1, 0.15) is 0 Å². The Kier molecular flexibility index (Phi) is 2.49. The van der Waals surface area contributed by atoms with Crippen LogP contribution in [0.5, 0.6) is 5.75 Å². The molecule has 1 rings (SSSR count). The number of pyridine rings is 1. The number of hydrogen-bond acceptors (Lipinski definition) is 4. The first-order chi connectivity index (χ1) is 5.77.